The van der Waals surface area contributed by atoms with E-state index in [2.05, 4.69) is 55.1 Å². The van der Waals surface area contributed by atoms with Gasteiger partial charge in [0, 0.05) is 12.6 Å². The summed E-state index contributed by atoms with van der Waals surface area (Å²) in [4.78, 5) is 2.70. The van der Waals surface area contributed by atoms with Gasteiger partial charge in [-0.3, -0.25) is 4.90 Å². The number of hydrogen-bond donors (Lipinski definition) is 1. The number of hydrogen-bond acceptors (Lipinski definition) is 2. The van der Waals surface area contributed by atoms with Gasteiger partial charge in [-0.1, -0.05) is 50.2 Å². The summed E-state index contributed by atoms with van der Waals surface area (Å²) in [7, 11) is 0. The fourth-order valence-corrected chi connectivity index (χ4v) is 4.89. The summed E-state index contributed by atoms with van der Waals surface area (Å²) in [6.45, 7) is 7.11. The molecule has 4 rings (SSSR count). The van der Waals surface area contributed by atoms with Crippen LogP contribution in [-0.2, 0) is 18.3 Å². The Morgan fingerprint density at radius 2 is 1.92 bits per heavy atom. The van der Waals surface area contributed by atoms with Crippen LogP contribution in [0, 0.1) is 5.92 Å². The molecular formula is C22H27BrNO-. The first-order chi connectivity index (χ1) is 11.6. The van der Waals surface area contributed by atoms with E-state index < -0.39 is 0 Å². The summed E-state index contributed by atoms with van der Waals surface area (Å²) >= 11 is 0. The highest BCUT2D eigenvalue weighted by Crippen LogP contribution is 2.49. The smallest absolute Gasteiger partial charge is 0.115 e. The Kier molecular flexibility index (Phi) is 5.26. The average molecular weight is 401 g/mol. The molecule has 2 aromatic carbocycles. The summed E-state index contributed by atoms with van der Waals surface area (Å²) < 4.78 is 0. The van der Waals surface area contributed by atoms with Crippen molar-refractivity contribution >= 4 is 0 Å². The zero-order valence-electron chi connectivity index (χ0n) is 15.1. The normalized spacial score (nSPS) is 28.1. The molecule has 2 aliphatic rings. The number of piperidine rings is 1. The molecule has 0 saturated carbocycles. The van der Waals surface area contributed by atoms with E-state index in [1.807, 2.05) is 12.1 Å². The number of aromatic hydroxyl groups is 1. The van der Waals surface area contributed by atoms with Gasteiger partial charge in [0.15, 0.2) is 0 Å². The molecule has 3 heteroatoms. The van der Waals surface area contributed by atoms with Crippen molar-refractivity contribution in [3.05, 3.63) is 65.2 Å². The zero-order chi connectivity index (χ0) is 16.7. The van der Waals surface area contributed by atoms with E-state index in [1.54, 1.807) is 0 Å². The van der Waals surface area contributed by atoms with Crippen LogP contribution in [0.5, 0.6) is 5.75 Å². The minimum Gasteiger partial charge on any atom is -1.00 e. The number of phenolic OH excluding ortho intramolecular Hbond substituents is 1. The number of nitrogens with zero attached hydrogens (tertiary/aromatic N) is 1. The summed E-state index contributed by atoms with van der Waals surface area (Å²) in [6, 6.07) is 17.4. The lowest BCUT2D eigenvalue weighted by atomic mass is 9.59. The maximum atomic E-state index is 9.94. The van der Waals surface area contributed by atoms with Gasteiger partial charge in [-0.05, 0) is 66.0 Å². The average Bonchev–Trinajstić information content (AvgIpc) is 2.59. The van der Waals surface area contributed by atoms with E-state index >= 15 is 0 Å². The van der Waals surface area contributed by atoms with Crippen LogP contribution in [0.3, 0.4) is 0 Å². The highest BCUT2D eigenvalue weighted by molar-refractivity contribution is 5.44. The van der Waals surface area contributed by atoms with Crippen molar-refractivity contribution in [2.45, 2.75) is 44.6 Å². The van der Waals surface area contributed by atoms with Crippen LogP contribution in [0.25, 0.3) is 0 Å². The predicted octanol–water partition coefficient (Wildman–Crippen LogP) is 1.16. The number of halogens is 1. The van der Waals surface area contributed by atoms with E-state index in [1.165, 1.54) is 23.1 Å². The van der Waals surface area contributed by atoms with E-state index in [0.717, 1.165) is 25.9 Å². The first-order valence-corrected chi connectivity index (χ1v) is 9.18. The minimum absolute atomic E-state index is 0. The van der Waals surface area contributed by atoms with Crippen LogP contribution in [0.1, 0.15) is 37.0 Å². The van der Waals surface area contributed by atoms with Crippen molar-refractivity contribution in [2.24, 2.45) is 5.92 Å². The second-order valence-electron chi connectivity index (χ2n) is 7.84. The molecule has 1 saturated heterocycles. The highest BCUT2D eigenvalue weighted by atomic mass is 79.9. The molecule has 1 aliphatic heterocycles. The molecule has 25 heavy (non-hydrogen) atoms. The zero-order valence-corrected chi connectivity index (χ0v) is 16.7. The topological polar surface area (TPSA) is 23.5 Å². The number of fused-ring (bicyclic) bond motifs is 4. The molecule has 0 radical (unpaired) electrons. The molecule has 2 nitrogen and oxygen atoms in total. The Hall–Kier alpha value is -1.32. The van der Waals surface area contributed by atoms with Gasteiger partial charge in [0.2, 0.25) is 0 Å². The molecule has 3 atom stereocenters. The molecule has 1 heterocycles. The number of benzene rings is 2. The van der Waals surface area contributed by atoms with Crippen molar-refractivity contribution in [2.75, 3.05) is 13.1 Å². The number of rotatable bonds is 3. The lowest BCUT2D eigenvalue weighted by Gasteiger charge is -2.54. The SMILES string of the molecule is CC1C2Cc3ccc(O)cc3[C@]1(C)CCN2CCc1ccccc1.[Br-]. The van der Waals surface area contributed by atoms with E-state index in [4.69, 9.17) is 0 Å². The minimum atomic E-state index is 0. The van der Waals surface area contributed by atoms with Gasteiger partial charge in [0.05, 0.1) is 0 Å². The van der Waals surface area contributed by atoms with Crippen molar-refractivity contribution in [3.63, 3.8) is 0 Å². The molecule has 1 fully saturated rings. The second-order valence-corrected chi connectivity index (χ2v) is 7.84. The van der Waals surface area contributed by atoms with Gasteiger partial charge >= 0.3 is 0 Å². The van der Waals surface area contributed by atoms with Crippen molar-refractivity contribution in [1.82, 2.24) is 4.90 Å². The van der Waals surface area contributed by atoms with Crippen LogP contribution in [0.4, 0.5) is 0 Å². The molecule has 1 N–H and O–H groups in total. The molecule has 1 aliphatic carbocycles. The van der Waals surface area contributed by atoms with Crippen LogP contribution >= 0.6 is 0 Å². The highest BCUT2D eigenvalue weighted by Gasteiger charge is 2.48. The van der Waals surface area contributed by atoms with Crippen LogP contribution in [0.2, 0.25) is 0 Å². The van der Waals surface area contributed by atoms with Gasteiger partial charge in [-0.25, -0.2) is 0 Å². The van der Waals surface area contributed by atoms with E-state index in [-0.39, 0.29) is 22.4 Å². The van der Waals surface area contributed by atoms with Crippen LogP contribution < -0.4 is 17.0 Å². The molecular weight excluding hydrogens is 374 g/mol. The first-order valence-electron chi connectivity index (χ1n) is 9.18. The van der Waals surface area contributed by atoms with Gasteiger partial charge in [-0.15, -0.1) is 0 Å². The largest absolute Gasteiger partial charge is 1.00 e. The van der Waals surface area contributed by atoms with Crippen LogP contribution in [-0.4, -0.2) is 29.1 Å². The van der Waals surface area contributed by atoms with Gasteiger partial charge in [0.1, 0.15) is 5.75 Å². The van der Waals surface area contributed by atoms with E-state index in [0.29, 0.717) is 17.7 Å². The maximum absolute atomic E-state index is 9.94. The second kappa shape index (κ2) is 7.13. The predicted molar refractivity (Wildman–Crippen MR) is 98.5 cm³/mol. The molecule has 134 valence electrons. The number of phenols is 1. The van der Waals surface area contributed by atoms with Gasteiger partial charge in [0.25, 0.3) is 0 Å². The Balaban J connectivity index is 0.00000182. The van der Waals surface area contributed by atoms with Crippen molar-refractivity contribution < 1.29 is 22.1 Å². The summed E-state index contributed by atoms with van der Waals surface area (Å²) in [5.41, 5.74) is 4.44. The third-order valence-corrected chi connectivity index (χ3v) is 6.64. The fraction of sp³-hybridized carbons (Fsp3) is 0.455. The third kappa shape index (κ3) is 3.24. The molecule has 0 spiro atoms. The lowest BCUT2D eigenvalue weighted by Crippen LogP contribution is -3.00. The standard InChI is InChI=1S/C22H27NO.BrH/c1-16-21-14-18-8-9-19(24)15-20(18)22(16,2)11-13-23(21)12-10-17-6-4-3-5-7-17;/h3-9,15-16,21,24H,10-14H2,1-2H3;1H/p-1/t16?,21?,22-;/m1./s1. The summed E-state index contributed by atoms with van der Waals surface area (Å²) in [5.74, 6) is 1.03. The number of likely N-dealkylation sites (tertiary alicyclic amines) is 1. The summed E-state index contributed by atoms with van der Waals surface area (Å²) in [5, 5.41) is 9.94. The Labute approximate surface area is 161 Å². The Morgan fingerprint density at radius 3 is 2.68 bits per heavy atom. The van der Waals surface area contributed by atoms with Crippen molar-refractivity contribution in [3.8, 4) is 5.75 Å². The molecule has 0 amide bonds. The maximum Gasteiger partial charge on any atom is 0.115 e. The third-order valence-electron chi connectivity index (χ3n) is 6.64. The Bertz CT molecular complexity index is 732. The molecule has 0 aromatic heterocycles. The fourth-order valence-electron chi connectivity index (χ4n) is 4.89. The first kappa shape index (κ1) is 18.5. The Morgan fingerprint density at radius 1 is 1.16 bits per heavy atom. The quantitative estimate of drug-likeness (QED) is 0.835. The molecule has 2 bridgehead atoms. The summed E-state index contributed by atoms with van der Waals surface area (Å²) in [6.07, 6.45) is 3.42. The van der Waals surface area contributed by atoms with Gasteiger partial charge < -0.3 is 22.1 Å². The monoisotopic (exact) mass is 400 g/mol. The molecule has 2 aromatic rings. The molecule has 2 unspecified atom stereocenters. The van der Waals surface area contributed by atoms with E-state index in [9.17, 15) is 5.11 Å². The van der Waals surface area contributed by atoms with Crippen LogP contribution in [0.15, 0.2) is 48.5 Å². The lowest BCUT2D eigenvalue weighted by molar-refractivity contribution is -0.00000689. The van der Waals surface area contributed by atoms with Gasteiger partial charge in [-0.2, -0.15) is 0 Å². The van der Waals surface area contributed by atoms with Crippen molar-refractivity contribution in [1.29, 1.82) is 0 Å².